The molecule has 0 aliphatic heterocycles. The molecule has 19 heavy (non-hydrogen) atoms. The number of nitro benzene ring substituents is 1. The van der Waals surface area contributed by atoms with E-state index in [0.717, 1.165) is 6.26 Å². The summed E-state index contributed by atoms with van der Waals surface area (Å²) < 4.78 is 22.0. The number of rotatable bonds is 5. The second-order valence-electron chi connectivity index (χ2n) is 4.16. The number of alkyl halides is 1. The van der Waals surface area contributed by atoms with Gasteiger partial charge in [0.25, 0.3) is 5.69 Å². The fraction of sp³-hybridized carbons (Fsp3) is 0.455. The highest BCUT2D eigenvalue weighted by atomic mass is 79.9. The van der Waals surface area contributed by atoms with Gasteiger partial charge in [-0.2, -0.15) is 0 Å². The largest absolute Gasteiger partial charge is 0.386 e. The first kappa shape index (κ1) is 16.1. The summed E-state index contributed by atoms with van der Waals surface area (Å²) in [6.07, 6.45) is -0.127. The van der Waals surface area contributed by atoms with Crippen molar-refractivity contribution < 1.29 is 18.4 Å². The number of aliphatic hydroxyl groups excluding tert-OH is 1. The Morgan fingerprint density at radius 1 is 1.42 bits per heavy atom. The van der Waals surface area contributed by atoms with Crippen LogP contribution in [0.1, 0.15) is 25.0 Å². The zero-order chi connectivity index (χ0) is 14.8. The van der Waals surface area contributed by atoms with Gasteiger partial charge in [0.15, 0.2) is 13.5 Å². The summed E-state index contributed by atoms with van der Waals surface area (Å²) in [4.78, 5) is 9.97. The van der Waals surface area contributed by atoms with E-state index in [1.54, 1.807) is 6.92 Å². The van der Waals surface area contributed by atoms with Crippen molar-refractivity contribution in [3.05, 3.63) is 39.9 Å². The van der Waals surface area contributed by atoms with E-state index in [0.29, 0.717) is 5.56 Å². The average Bonchev–Trinajstić information content (AvgIpc) is 2.35. The molecule has 1 aromatic carbocycles. The van der Waals surface area contributed by atoms with Gasteiger partial charge < -0.3 is 5.11 Å². The van der Waals surface area contributed by atoms with Crippen LogP contribution in [-0.4, -0.2) is 28.4 Å². The van der Waals surface area contributed by atoms with Crippen molar-refractivity contribution in [3.63, 3.8) is 0 Å². The van der Waals surface area contributed by atoms with Gasteiger partial charge in [0.2, 0.25) is 0 Å². The molecule has 1 aromatic rings. The Morgan fingerprint density at radius 3 is 2.21 bits per heavy atom. The van der Waals surface area contributed by atoms with Crippen LogP contribution < -0.4 is 0 Å². The molecule has 2 atom stereocenters. The third kappa shape index (κ3) is 3.13. The highest BCUT2D eigenvalue weighted by molar-refractivity contribution is 9.11. The van der Waals surface area contributed by atoms with E-state index in [4.69, 9.17) is 0 Å². The second kappa shape index (κ2) is 5.56. The fourth-order valence-electron chi connectivity index (χ4n) is 1.69. The lowest BCUT2D eigenvalue weighted by Gasteiger charge is -2.29. The van der Waals surface area contributed by atoms with E-state index < -0.39 is 24.5 Å². The molecule has 0 radical (unpaired) electrons. The molecule has 0 bridgehead atoms. The SMILES string of the molecule is CC[C@](Br)([C@H](O)c1ccc([N+](=O)[O-])cc1)S(C)(=O)=O. The number of nitrogens with zero attached hydrogens (tertiary/aromatic N) is 1. The first-order valence-electron chi connectivity index (χ1n) is 5.44. The van der Waals surface area contributed by atoms with E-state index in [9.17, 15) is 23.6 Å². The van der Waals surface area contributed by atoms with Crippen LogP contribution in [0.5, 0.6) is 0 Å². The van der Waals surface area contributed by atoms with E-state index in [1.165, 1.54) is 24.3 Å². The molecule has 0 unspecified atom stereocenters. The lowest BCUT2D eigenvalue weighted by Crippen LogP contribution is -2.37. The number of non-ortho nitro benzene ring substituents is 1. The number of aliphatic hydroxyl groups is 1. The zero-order valence-corrected chi connectivity index (χ0v) is 12.8. The summed E-state index contributed by atoms with van der Waals surface area (Å²) in [6, 6.07) is 5.15. The number of nitro groups is 1. The third-order valence-corrected chi connectivity index (χ3v) is 7.43. The summed E-state index contributed by atoms with van der Waals surface area (Å²) in [5.41, 5.74) is 0.182. The first-order valence-corrected chi connectivity index (χ1v) is 8.13. The Kier molecular flexibility index (Phi) is 4.70. The van der Waals surface area contributed by atoms with Gasteiger partial charge in [0, 0.05) is 18.4 Å². The molecule has 0 amide bonds. The Labute approximate surface area is 119 Å². The van der Waals surface area contributed by atoms with Gasteiger partial charge in [-0.3, -0.25) is 10.1 Å². The Hall–Kier alpha value is -0.990. The summed E-state index contributed by atoms with van der Waals surface area (Å²) in [6.45, 7) is 1.63. The fourth-order valence-corrected chi connectivity index (χ4v) is 3.02. The maximum absolute atomic E-state index is 11.8. The topological polar surface area (TPSA) is 97.5 Å². The highest BCUT2D eigenvalue weighted by Gasteiger charge is 2.44. The molecule has 0 aliphatic rings. The van der Waals surface area contributed by atoms with Crippen LogP contribution in [0.3, 0.4) is 0 Å². The number of hydrogen-bond donors (Lipinski definition) is 1. The van der Waals surface area contributed by atoms with Crippen LogP contribution in [0, 0.1) is 10.1 Å². The number of halogens is 1. The Balaban J connectivity index is 3.19. The standard InChI is InChI=1S/C11H14BrNO5S/c1-3-11(12,19(2,17)18)10(14)8-4-6-9(7-5-8)13(15)16/h4-7,10,14H,3H2,1-2H3/t10-,11-/m1/s1. The molecule has 0 saturated heterocycles. The van der Waals surface area contributed by atoms with Crippen molar-refractivity contribution in [1.82, 2.24) is 0 Å². The second-order valence-corrected chi connectivity index (χ2v) is 8.38. The van der Waals surface area contributed by atoms with E-state index in [2.05, 4.69) is 15.9 Å². The van der Waals surface area contributed by atoms with Crippen molar-refractivity contribution in [1.29, 1.82) is 0 Å². The number of benzene rings is 1. The number of hydrogen-bond acceptors (Lipinski definition) is 5. The maximum atomic E-state index is 11.8. The van der Waals surface area contributed by atoms with Crippen LogP contribution in [0.2, 0.25) is 0 Å². The van der Waals surface area contributed by atoms with E-state index >= 15 is 0 Å². The number of sulfone groups is 1. The van der Waals surface area contributed by atoms with Crippen LogP contribution in [0.25, 0.3) is 0 Å². The van der Waals surface area contributed by atoms with Crippen molar-refractivity contribution in [2.24, 2.45) is 0 Å². The lowest BCUT2D eigenvalue weighted by molar-refractivity contribution is -0.384. The van der Waals surface area contributed by atoms with Crippen LogP contribution in [0.4, 0.5) is 5.69 Å². The van der Waals surface area contributed by atoms with Crippen molar-refractivity contribution in [2.45, 2.75) is 23.1 Å². The zero-order valence-electron chi connectivity index (χ0n) is 10.4. The quantitative estimate of drug-likeness (QED) is 0.498. The summed E-state index contributed by atoms with van der Waals surface area (Å²) in [7, 11) is -3.56. The van der Waals surface area contributed by atoms with Crippen molar-refractivity contribution >= 4 is 31.5 Å². The van der Waals surface area contributed by atoms with Crippen LogP contribution in [-0.2, 0) is 9.84 Å². The van der Waals surface area contributed by atoms with Gasteiger partial charge in [-0.15, -0.1) is 0 Å². The predicted molar refractivity (Wildman–Crippen MR) is 74.8 cm³/mol. The lowest BCUT2D eigenvalue weighted by atomic mass is 10.0. The molecule has 1 rings (SSSR count). The van der Waals surface area contributed by atoms with E-state index in [1.807, 2.05) is 0 Å². The molecule has 1 N–H and O–H groups in total. The molecular weight excluding hydrogens is 338 g/mol. The van der Waals surface area contributed by atoms with Gasteiger partial charge in [-0.1, -0.05) is 22.9 Å². The molecular formula is C11H14BrNO5S. The van der Waals surface area contributed by atoms with E-state index in [-0.39, 0.29) is 12.1 Å². The van der Waals surface area contributed by atoms with Gasteiger partial charge in [-0.05, 0) is 24.1 Å². The molecule has 0 aliphatic carbocycles. The summed E-state index contributed by atoms with van der Waals surface area (Å²) >= 11 is 3.08. The van der Waals surface area contributed by atoms with Crippen molar-refractivity contribution in [3.8, 4) is 0 Å². The monoisotopic (exact) mass is 351 g/mol. The minimum atomic E-state index is -3.56. The minimum absolute atomic E-state index is 0.119. The van der Waals surface area contributed by atoms with Crippen LogP contribution in [0.15, 0.2) is 24.3 Å². The first-order chi connectivity index (χ1) is 8.63. The molecule has 0 aromatic heterocycles. The van der Waals surface area contributed by atoms with Crippen LogP contribution >= 0.6 is 15.9 Å². The molecule has 106 valence electrons. The Bertz CT molecular complexity index is 571. The third-order valence-electron chi connectivity index (χ3n) is 2.93. The predicted octanol–water partition coefficient (Wildman–Crippen LogP) is 2.17. The minimum Gasteiger partial charge on any atom is -0.386 e. The summed E-state index contributed by atoms with van der Waals surface area (Å²) in [5, 5.41) is 20.7. The summed E-state index contributed by atoms with van der Waals surface area (Å²) in [5.74, 6) is 0. The molecule has 8 heteroatoms. The van der Waals surface area contributed by atoms with Gasteiger partial charge >= 0.3 is 0 Å². The van der Waals surface area contributed by atoms with Gasteiger partial charge in [0.1, 0.15) is 6.10 Å². The molecule has 0 heterocycles. The van der Waals surface area contributed by atoms with Gasteiger partial charge in [-0.25, -0.2) is 8.42 Å². The normalized spacial score (nSPS) is 16.6. The Morgan fingerprint density at radius 2 is 1.89 bits per heavy atom. The average molecular weight is 352 g/mol. The smallest absolute Gasteiger partial charge is 0.269 e. The van der Waals surface area contributed by atoms with Crippen molar-refractivity contribution in [2.75, 3.05) is 6.26 Å². The molecule has 0 fully saturated rings. The maximum Gasteiger partial charge on any atom is 0.269 e. The molecule has 6 nitrogen and oxygen atoms in total. The molecule has 0 saturated carbocycles. The van der Waals surface area contributed by atoms with Gasteiger partial charge in [0.05, 0.1) is 4.92 Å². The highest BCUT2D eigenvalue weighted by Crippen LogP contribution is 2.41. The molecule has 0 spiro atoms.